The number of ether oxygens (including phenoxy) is 3. The number of carbonyl (C=O) groups is 1. The molecule has 1 aliphatic rings. The minimum Gasteiger partial charge on any atom is -0.496 e. The van der Waals surface area contributed by atoms with Gasteiger partial charge in [0.15, 0.2) is 11.5 Å². The van der Waals surface area contributed by atoms with Gasteiger partial charge in [0, 0.05) is 22.8 Å². The third-order valence-corrected chi connectivity index (χ3v) is 6.30. The maximum Gasteiger partial charge on any atom is 0.308 e. The van der Waals surface area contributed by atoms with Crippen molar-refractivity contribution in [1.82, 2.24) is 9.88 Å². The van der Waals surface area contributed by atoms with Crippen LogP contribution in [0.1, 0.15) is 26.5 Å². The smallest absolute Gasteiger partial charge is 0.308 e. The van der Waals surface area contributed by atoms with Crippen LogP contribution in [0.25, 0.3) is 0 Å². The summed E-state index contributed by atoms with van der Waals surface area (Å²) >= 11 is 7.02. The molecule has 1 aromatic heterocycles. The molecule has 2 heterocycles. The average Bonchev–Trinajstić information content (AvgIpc) is 3.06. The quantitative estimate of drug-likeness (QED) is 0.607. The molecule has 4 rings (SSSR count). The van der Waals surface area contributed by atoms with Gasteiger partial charge in [-0.1, -0.05) is 29.0 Å². The van der Waals surface area contributed by atoms with Gasteiger partial charge in [0.1, 0.15) is 23.8 Å². The molecule has 0 unspecified atom stereocenters. The molecule has 162 valence electrons. The number of carbonyl (C=O) groups excluding carboxylic acids is 1. The molecule has 0 aliphatic carbocycles. The summed E-state index contributed by atoms with van der Waals surface area (Å²) in [5, 5.41) is 3.43. The second-order valence-electron chi connectivity index (χ2n) is 6.99. The van der Waals surface area contributed by atoms with E-state index in [0.717, 1.165) is 22.5 Å². The highest BCUT2D eigenvalue weighted by Crippen LogP contribution is 2.30. The molecular weight excluding hydrogens is 440 g/mol. The number of nitrogens with zero attached hydrogens (tertiary/aromatic N) is 1. The van der Waals surface area contributed by atoms with Gasteiger partial charge in [0.2, 0.25) is 0 Å². The van der Waals surface area contributed by atoms with Crippen LogP contribution in [0.4, 0.5) is 0 Å². The number of amides is 1. The van der Waals surface area contributed by atoms with E-state index >= 15 is 0 Å². The largest absolute Gasteiger partial charge is 0.496 e. The number of aromatic nitrogens is 1. The third-order valence-electron chi connectivity index (χ3n) is 4.98. The topological polar surface area (TPSA) is 78.8 Å². The number of nitrogens with one attached hydrogen (secondary N) is 1. The van der Waals surface area contributed by atoms with Gasteiger partial charge in [0.05, 0.1) is 13.7 Å². The zero-order valence-electron chi connectivity index (χ0n) is 17.1. The molecule has 0 saturated heterocycles. The van der Waals surface area contributed by atoms with Crippen LogP contribution in [0.15, 0.2) is 41.2 Å². The van der Waals surface area contributed by atoms with E-state index in [1.807, 2.05) is 18.2 Å². The molecule has 2 aromatic carbocycles. The van der Waals surface area contributed by atoms with Crippen LogP contribution in [0, 0.1) is 6.92 Å². The van der Waals surface area contributed by atoms with Crippen LogP contribution in [0.5, 0.6) is 17.2 Å². The molecule has 0 spiro atoms. The molecule has 1 amide bonds. The van der Waals surface area contributed by atoms with Crippen molar-refractivity contribution in [2.75, 3.05) is 20.3 Å². The van der Waals surface area contributed by atoms with E-state index in [1.165, 1.54) is 0 Å². The van der Waals surface area contributed by atoms with E-state index in [1.54, 1.807) is 36.8 Å². The van der Waals surface area contributed by atoms with Crippen LogP contribution in [-0.2, 0) is 13.1 Å². The van der Waals surface area contributed by atoms with Crippen molar-refractivity contribution >= 4 is 28.8 Å². The molecule has 0 fully saturated rings. The van der Waals surface area contributed by atoms with Gasteiger partial charge in [-0.2, -0.15) is 0 Å². The van der Waals surface area contributed by atoms with E-state index in [2.05, 4.69) is 5.32 Å². The first-order valence-electron chi connectivity index (χ1n) is 9.65. The van der Waals surface area contributed by atoms with Gasteiger partial charge in [-0.3, -0.25) is 14.2 Å². The van der Waals surface area contributed by atoms with Gasteiger partial charge >= 0.3 is 4.87 Å². The highest BCUT2D eigenvalue weighted by molar-refractivity contribution is 7.11. The molecule has 3 aromatic rings. The van der Waals surface area contributed by atoms with Gasteiger partial charge in [0.25, 0.3) is 5.91 Å². The lowest BCUT2D eigenvalue weighted by Gasteiger charge is -2.18. The van der Waals surface area contributed by atoms with Crippen LogP contribution in [0.3, 0.4) is 0 Å². The second-order valence-corrected chi connectivity index (χ2v) is 8.38. The van der Waals surface area contributed by atoms with Gasteiger partial charge in [-0.05, 0) is 42.8 Å². The summed E-state index contributed by atoms with van der Waals surface area (Å²) in [5.41, 5.74) is 2.24. The molecule has 31 heavy (non-hydrogen) atoms. The van der Waals surface area contributed by atoms with Crippen LogP contribution >= 0.6 is 22.9 Å². The van der Waals surface area contributed by atoms with Gasteiger partial charge < -0.3 is 19.5 Å². The molecule has 0 bridgehead atoms. The third kappa shape index (κ3) is 4.55. The Kier molecular flexibility index (Phi) is 6.20. The SMILES string of the molecule is COc1ccc(Cl)cc1Cn1c(C)c(C(=O)NCc2ccc3c(c2)OCCO3)sc1=O. The monoisotopic (exact) mass is 460 g/mol. The molecule has 0 saturated carbocycles. The molecule has 0 radical (unpaired) electrons. The Morgan fingerprint density at radius 2 is 1.97 bits per heavy atom. The molecule has 1 aliphatic heterocycles. The lowest BCUT2D eigenvalue weighted by molar-refractivity contribution is 0.0953. The van der Waals surface area contributed by atoms with E-state index in [9.17, 15) is 9.59 Å². The van der Waals surface area contributed by atoms with Crippen molar-refractivity contribution in [3.63, 3.8) is 0 Å². The summed E-state index contributed by atoms with van der Waals surface area (Å²) in [4.78, 5) is 25.5. The summed E-state index contributed by atoms with van der Waals surface area (Å²) in [6.07, 6.45) is 0. The summed E-state index contributed by atoms with van der Waals surface area (Å²) in [5.74, 6) is 1.70. The molecule has 9 heteroatoms. The zero-order valence-corrected chi connectivity index (χ0v) is 18.6. The van der Waals surface area contributed by atoms with Crippen LogP contribution in [0.2, 0.25) is 5.02 Å². The van der Waals surface area contributed by atoms with Crippen molar-refractivity contribution < 1.29 is 19.0 Å². The molecule has 7 nitrogen and oxygen atoms in total. The number of hydrogen-bond acceptors (Lipinski definition) is 6. The number of thiazole rings is 1. The second kappa shape index (κ2) is 9.03. The van der Waals surface area contributed by atoms with E-state index in [-0.39, 0.29) is 17.3 Å². The Balaban J connectivity index is 1.50. The Bertz CT molecular complexity index is 1190. The average molecular weight is 461 g/mol. The Morgan fingerprint density at radius 1 is 1.19 bits per heavy atom. The van der Waals surface area contributed by atoms with Crippen molar-refractivity contribution in [3.8, 4) is 17.2 Å². The van der Waals surface area contributed by atoms with E-state index in [0.29, 0.717) is 52.6 Å². The lowest BCUT2D eigenvalue weighted by Crippen LogP contribution is -2.23. The number of benzene rings is 2. The van der Waals surface area contributed by atoms with Crippen molar-refractivity contribution in [1.29, 1.82) is 0 Å². The number of hydrogen-bond donors (Lipinski definition) is 1. The Morgan fingerprint density at radius 3 is 2.74 bits per heavy atom. The normalized spacial score (nSPS) is 12.5. The minimum atomic E-state index is -0.300. The van der Waals surface area contributed by atoms with E-state index in [4.69, 9.17) is 25.8 Å². The van der Waals surface area contributed by atoms with Crippen molar-refractivity contribution in [2.45, 2.75) is 20.0 Å². The van der Waals surface area contributed by atoms with E-state index < -0.39 is 0 Å². The number of fused-ring (bicyclic) bond motifs is 1. The Labute approximate surface area is 188 Å². The van der Waals surface area contributed by atoms with Gasteiger partial charge in [-0.25, -0.2) is 0 Å². The minimum absolute atomic E-state index is 0.219. The molecule has 0 atom stereocenters. The fourth-order valence-electron chi connectivity index (χ4n) is 3.37. The number of methoxy groups -OCH3 is 1. The summed E-state index contributed by atoms with van der Waals surface area (Å²) in [6, 6.07) is 10.8. The first-order valence-corrected chi connectivity index (χ1v) is 10.8. The highest BCUT2D eigenvalue weighted by atomic mass is 35.5. The lowest BCUT2D eigenvalue weighted by atomic mass is 10.2. The summed E-state index contributed by atoms with van der Waals surface area (Å²) in [6.45, 7) is 3.36. The predicted octanol–water partition coefficient (Wildman–Crippen LogP) is 3.63. The first kappa shape index (κ1) is 21.3. The van der Waals surface area contributed by atoms with Crippen LogP contribution in [-0.4, -0.2) is 30.8 Å². The first-order chi connectivity index (χ1) is 15.0. The maximum atomic E-state index is 12.8. The summed E-state index contributed by atoms with van der Waals surface area (Å²) in [7, 11) is 1.56. The van der Waals surface area contributed by atoms with Crippen molar-refractivity contribution in [2.24, 2.45) is 0 Å². The van der Waals surface area contributed by atoms with Crippen LogP contribution < -0.4 is 24.4 Å². The fourth-order valence-corrected chi connectivity index (χ4v) is 4.47. The standard InChI is InChI=1S/C22H21ClN2O5S/c1-13-20(21(26)24-11-14-3-5-18-19(9-14)30-8-7-29-18)31-22(27)25(13)12-15-10-16(23)4-6-17(15)28-2/h3-6,9-10H,7-8,11-12H2,1-2H3,(H,24,26). The van der Waals surface area contributed by atoms with Gasteiger partial charge in [-0.15, -0.1) is 0 Å². The Hall–Kier alpha value is -2.97. The highest BCUT2D eigenvalue weighted by Gasteiger charge is 2.19. The summed E-state index contributed by atoms with van der Waals surface area (Å²) < 4.78 is 18.0. The molecule has 1 N–H and O–H groups in total. The zero-order chi connectivity index (χ0) is 22.0. The van der Waals surface area contributed by atoms with Crippen molar-refractivity contribution in [3.05, 3.63) is 72.8 Å². The molecular formula is C22H21ClN2O5S. The number of rotatable bonds is 6. The fraction of sp³-hybridized carbons (Fsp3) is 0.273. The predicted molar refractivity (Wildman–Crippen MR) is 119 cm³/mol. The number of halogens is 1. The maximum absolute atomic E-state index is 12.8.